The number of amides is 2. The van der Waals surface area contributed by atoms with Crippen LogP contribution in [0.2, 0.25) is 0 Å². The zero-order valence-electron chi connectivity index (χ0n) is 30.5. The number of anilines is 1. The van der Waals surface area contributed by atoms with Crippen molar-refractivity contribution in [1.29, 1.82) is 0 Å². The maximum Gasteiger partial charge on any atom is 0.436 e. The molecule has 5 rings (SSSR count). The summed E-state index contributed by atoms with van der Waals surface area (Å²) in [5.74, 6) is -1.64. The number of benzene rings is 2. The molecule has 2 N–H and O–H groups in total. The Balaban J connectivity index is 1.52. The predicted octanol–water partition coefficient (Wildman–Crippen LogP) is 8.02. The summed E-state index contributed by atoms with van der Waals surface area (Å²) in [6.45, 7) is 10.6. The number of aromatic nitrogens is 3. The molecule has 0 spiro atoms. The van der Waals surface area contributed by atoms with Crippen molar-refractivity contribution in [3.63, 3.8) is 0 Å². The van der Waals surface area contributed by atoms with Gasteiger partial charge >= 0.3 is 12.3 Å². The topological polar surface area (TPSA) is 124 Å². The van der Waals surface area contributed by atoms with E-state index in [9.17, 15) is 27.3 Å². The number of halogens is 4. The van der Waals surface area contributed by atoms with E-state index in [1.54, 1.807) is 75.6 Å². The van der Waals surface area contributed by atoms with Crippen LogP contribution in [-0.4, -0.2) is 46.7 Å². The van der Waals surface area contributed by atoms with Crippen molar-refractivity contribution >= 4 is 29.0 Å². The molecule has 2 amide bonds. The van der Waals surface area contributed by atoms with Gasteiger partial charge in [-0.05, 0) is 101 Å². The summed E-state index contributed by atoms with van der Waals surface area (Å²) in [6.07, 6.45) is 0.438. The van der Waals surface area contributed by atoms with Crippen LogP contribution in [0.5, 0.6) is 0 Å². The second-order valence-electron chi connectivity index (χ2n) is 15.1. The lowest BCUT2D eigenvalue weighted by Gasteiger charge is -2.38. The zero-order valence-corrected chi connectivity index (χ0v) is 31.3. The van der Waals surface area contributed by atoms with Crippen LogP contribution in [0.15, 0.2) is 79.1 Å². The van der Waals surface area contributed by atoms with Gasteiger partial charge in [0.1, 0.15) is 16.1 Å². The summed E-state index contributed by atoms with van der Waals surface area (Å²) in [7, 11) is 0. The van der Waals surface area contributed by atoms with Gasteiger partial charge in [-0.2, -0.15) is 13.2 Å². The molecule has 284 valence electrons. The molecule has 2 aromatic carbocycles. The number of hydrogen-bond acceptors (Lipinski definition) is 7. The van der Waals surface area contributed by atoms with Crippen LogP contribution in [-0.2, 0) is 29.6 Å². The minimum atomic E-state index is -5.01. The summed E-state index contributed by atoms with van der Waals surface area (Å²) in [4.78, 5) is 38.2. The summed E-state index contributed by atoms with van der Waals surface area (Å²) >= 11 is -1.62. The standard InChI is InChI=1S/C38H44F4N6O4S/c1-35(2,3)47(24-26-10-8-7-9-11-26)34(50)52-48-31(23-32(45-48)38(40,41)42)33(49)44-30-22-28(14-15-29(30)39)37(19-16-25-12-13-25,27-17-20-43-21-18-27)46-53(51)36(4,5)6/h7-11,14-15,17-18,20-23,25,46H,12-13,16,19,24H2,1-6H3,(H,44,49)/t37-,53+/m1/s1. The second kappa shape index (κ2) is 15.5. The fourth-order valence-electron chi connectivity index (χ4n) is 5.66. The van der Waals surface area contributed by atoms with Crippen LogP contribution < -0.4 is 14.9 Å². The highest BCUT2D eigenvalue weighted by Gasteiger charge is 2.44. The van der Waals surface area contributed by atoms with Crippen molar-refractivity contribution in [2.75, 3.05) is 5.32 Å². The average molecular weight is 757 g/mol. The quantitative estimate of drug-likeness (QED) is 0.111. The van der Waals surface area contributed by atoms with Crippen LogP contribution >= 0.6 is 0 Å². The Hall–Kier alpha value is -4.47. The first-order chi connectivity index (χ1) is 24.8. The van der Waals surface area contributed by atoms with Gasteiger partial charge in [-0.25, -0.2) is 9.18 Å². The number of nitrogens with zero attached hydrogens (tertiary/aromatic N) is 4. The maximum atomic E-state index is 15.6. The Morgan fingerprint density at radius 2 is 1.62 bits per heavy atom. The summed E-state index contributed by atoms with van der Waals surface area (Å²) in [5, 5.41) is 5.76. The van der Waals surface area contributed by atoms with Gasteiger partial charge in [0.25, 0.3) is 5.91 Å². The minimum absolute atomic E-state index is 0.0457. The van der Waals surface area contributed by atoms with E-state index in [4.69, 9.17) is 4.84 Å². The molecule has 1 aliphatic rings. The van der Waals surface area contributed by atoms with Crippen molar-refractivity contribution in [3.8, 4) is 0 Å². The van der Waals surface area contributed by atoms with Gasteiger partial charge in [-0.1, -0.05) is 54.1 Å². The molecule has 4 aromatic rings. The van der Waals surface area contributed by atoms with Gasteiger partial charge in [-0.15, -0.1) is 9.82 Å². The molecular weight excluding hydrogens is 713 g/mol. The molecule has 1 fully saturated rings. The number of rotatable bonds is 12. The molecule has 0 radical (unpaired) electrons. The molecule has 0 aliphatic heterocycles. The first kappa shape index (κ1) is 39.7. The van der Waals surface area contributed by atoms with E-state index < -0.39 is 62.6 Å². The van der Waals surface area contributed by atoms with Crippen LogP contribution in [0.3, 0.4) is 0 Å². The van der Waals surface area contributed by atoms with Crippen LogP contribution in [0, 0.1) is 11.7 Å². The van der Waals surface area contributed by atoms with E-state index in [-0.39, 0.29) is 17.1 Å². The van der Waals surface area contributed by atoms with Crippen molar-refractivity contribution < 1.29 is 36.5 Å². The monoisotopic (exact) mass is 756 g/mol. The molecule has 15 heteroatoms. The Morgan fingerprint density at radius 3 is 2.21 bits per heavy atom. The third kappa shape index (κ3) is 9.75. The van der Waals surface area contributed by atoms with Gasteiger partial charge < -0.3 is 9.87 Å². The number of pyridine rings is 1. The molecule has 0 bridgehead atoms. The zero-order chi connectivity index (χ0) is 38.8. The lowest BCUT2D eigenvalue weighted by atomic mass is 9.79. The first-order valence-electron chi connectivity index (χ1n) is 17.2. The third-order valence-electron chi connectivity index (χ3n) is 8.91. The van der Waals surface area contributed by atoms with Crippen molar-refractivity contribution in [2.45, 2.75) is 95.8 Å². The van der Waals surface area contributed by atoms with Gasteiger partial charge in [0.05, 0.1) is 5.69 Å². The van der Waals surface area contributed by atoms with Gasteiger partial charge in [0.15, 0.2) is 11.4 Å². The van der Waals surface area contributed by atoms with Crippen molar-refractivity contribution in [1.82, 2.24) is 24.5 Å². The lowest BCUT2D eigenvalue weighted by molar-refractivity contribution is -0.142. The number of carbonyl (C=O) groups excluding carboxylic acids is 2. The molecule has 2 aromatic heterocycles. The molecular formula is C38H44F4N6O4S. The van der Waals surface area contributed by atoms with Crippen LogP contribution in [0.1, 0.15) is 100 Å². The molecule has 2 heterocycles. The Morgan fingerprint density at radius 1 is 0.962 bits per heavy atom. The summed E-state index contributed by atoms with van der Waals surface area (Å²) in [5.41, 5.74) is -2.77. The van der Waals surface area contributed by atoms with E-state index in [1.165, 1.54) is 17.0 Å². The molecule has 0 unspecified atom stereocenters. The molecule has 1 saturated carbocycles. The lowest BCUT2D eigenvalue weighted by Crippen LogP contribution is -2.52. The average Bonchev–Trinajstić information content (AvgIpc) is 3.82. The Kier molecular flexibility index (Phi) is 11.6. The number of alkyl halides is 3. The number of carbonyl (C=O) groups is 2. The van der Waals surface area contributed by atoms with Crippen LogP contribution in [0.25, 0.3) is 0 Å². The molecule has 2 atom stereocenters. The second-order valence-corrected chi connectivity index (χ2v) is 17.1. The smallest absolute Gasteiger partial charge is 0.436 e. The van der Waals surface area contributed by atoms with E-state index in [0.29, 0.717) is 29.5 Å². The largest absolute Gasteiger partial charge is 0.598 e. The van der Waals surface area contributed by atoms with Crippen molar-refractivity contribution in [3.05, 3.63) is 113 Å². The fourth-order valence-corrected chi connectivity index (χ4v) is 6.62. The van der Waals surface area contributed by atoms with Crippen molar-refractivity contribution in [2.24, 2.45) is 5.92 Å². The van der Waals surface area contributed by atoms with Crippen LogP contribution in [0.4, 0.5) is 28.0 Å². The SMILES string of the molecule is CC(C)(C)N(Cc1ccccc1)C(=O)On1nc(C(F)(F)F)cc1C(=O)Nc1cc([C@](CCC2CC2)(N[S@@+]([O-])C(C)(C)C)c2ccncc2)ccc1F. The highest BCUT2D eigenvalue weighted by Crippen LogP contribution is 2.43. The van der Waals surface area contributed by atoms with E-state index >= 15 is 4.39 Å². The third-order valence-corrected chi connectivity index (χ3v) is 10.6. The highest BCUT2D eigenvalue weighted by molar-refractivity contribution is 7.90. The summed E-state index contributed by atoms with van der Waals surface area (Å²) in [6, 6.07) is 16.9. The normalized spacial score (nSPS) is 15.4. The van der Waals surface area contributed by atoms with Gasteiger partial charge in [0, 0.05) is 41.9 Å². The molecule has 1 aliphatic carbocycles. The fraction of sp³-hybridized carbons (Fsp3) is 0.421. The first-order valence-corrected chi connectivity index (χ1v) is 18.4. The molecule has 0 saturated heterocycles. The molecule has 10 nitrogen and oxygen atoms in total. The van der Waals surface area contributed by atoms with E-state index in [0.717, 1.165) is 30.9 Å². The van der Waals surface area contributed by atoms with E-state index in [1.807, 2.05) is 20.8 Å². The molecule has 53 heavy (non-hydrogen) atoms. The number of nitrogens with one attached hydrogen (secondary N) is 2. The maximum absolute atomic E-state index is 15.6. The number of hydrogen-bond donors (Lipinski definition) is 2. The Bertz CT molecular complexity index is 1890. The minimum Gasteiger partial charge on any atom is -0.598 e. The van der Waals surface area contributed by atoms with E-state index in [2.05, 4.69) is 20.1 Å². The Labute approximate surface area is 309 Å². The summed E-state index contributed by atoms with van der Waals surface area (Å²) < 4.78 is 73.7. The predicted molar refractivity (Wildman–Crippen MR) is 193 cm³/mol. The highest BCUT2D eigenvalue weighted by atomic mass is 32.2. The van der Waals surface area contributed by atoms with Gasteiger partial charge in [-0.3, -0.25) is 19.5 Å². The van der Waals surface area contributed by atoms with Gasteiger partial charge in [0.2, 0.25) is 0 Å².